The summed E-state index contributed by atoms with van der Waals surface area (Å²) in [7, 11) is 0. The maximum absolute atomic E-state index is 12.8. The van der Waals surface area contributed by atoms with Crippen molar-refractivity contribution in [2.75, 3.05) is 5.73 Å². The summed E-state index contributed by atoms with van der Waals surface area (Å²) in [6, 6.07) is 3.67. The molecule has 0 bridgehead atoms. The summed E-state index contributed by atoms with van der Waals surface area (Å²) in [5, 5.41) is 9.05. The molecule has 0 radical (unpaired) electrons. The van der Waals surface area contributed by atoms with E-state index in [4.69, 9.17) is 5.73 Å². The van der Waals surface area contributed by atoms with Crippen molar-refractivity contribution < 1.29 is 9.18 Å². The number of nitrogens with one attached hydrogen (secondary N) is 2. The predicted molar refractivity (Wildman–Crippen MR) is 60.6 cm³/mol. The van der Waals surface area contributed by atoms with Crippen LogP contribution in [0, 0.1) is 5.82 Å². The molecule has 0 aliphatic heterocycles. The van der Waals surface area contributed by atoms with Crippen LogP contribution >= 0.6 is 0 Å². The van der Waals surface area contributed by atoms with Gasteiger partial charge in [0.05, 0.1) is 11.8 Å². The number of rotatable bonds is 3. The number of aromatic amines is 1. The number of nitrogens with two attached hydrogens (primary N) is 1. The van der Waals surface area contributed by atoms with E-state index in [1.165, 1.54) is 12.1 Å². The number of hydrogen-bond acceptors (Lipinski definition) is 3. The lowest BCUT2D eigenvalue weighted by atomic mass is 10.1. The zero-order chi connectivity index (χ0) is 12.3. The second kappa shape index (κ2) is 4.65. The van der Waals surface area contributed by atoms with Crippen LogP contribution in [0.3, 0.4) is 0 Å². The number of carbonyl (C=O) groups excluding carboxylic acids is 1. The molecule has 1 heterocycles. The maximum atomic E-state index is 12.8. The highest BCUT2D eigenvalue weighted by Crippen LogP contribution is 2.13. The number of hydrogen-bond donors (Lipinski definition) is 3. The minimum absolute atomic E-state index is 0.120. The summed E-state index contributed by atoms with van der Waals surface area (Å²) in [6.07, 6.45) is 3.28. The third-order valence-electron chi connectivity index (χ3n) is 2.27. The lowest BCUT2D eigenvalue weighted by Crippen LogP contribution is -2.23. The Kier molecular flexibility index (Phi) is 3.04. The standard InChI is InChI=1S/C11H11FN4O/c12-8-1-2-9(10(13)3-8)11(17)14-4-7-5-15-16-6-7/h1-3,5-6H,4,13H2,(H,14,17)(H,15,16). The molecule has 5 nitrogen and oxygen atoms in total. The van der Waals surface area contributed by atoms with Crippen LogP contribution in [-0.4, -0.2) is 16.1 Å². The van der Waals surface area contributed by atoms with Crippen LogP contribution in [0.5, 0.6) is 0 Å². The van der Waals surface area contributed by atoms with Gasteiger partial charge in [-0.15, -0.1) is 0 Å². The second-order valence-electron chi connectivity index (χ2n) is 3.52. The number of benzene rings is 1. The summed E-state index contributed by atoms with van der Waals surface area (Å²) in [4.78, 5) is 11.7. The highest BCUT2D eigenvalue weighted by Gasteiger charge is 2.09. The number of halogens is 1. The number of nitrogen functional groups attached to an aromatic ring is 1. The lowest BCUT2D eigenvalue weighted by molar-refractivity contribution is 0.0952. The van der Waals surface area contributed by atoms with Gasteiger partial charge < -0.3 is 11.1 Å². The van der Waals surface area contributed by atoms with E-state index >= 15 is 0 Å². The summed E-state index contributed by atoms with van der Waals surface area (Å²) in [6.45, 7) is 0.339. The van der Waals surface area contributed by atoms with E-state index in [-0.39, 0.29) is 17.2 Å². The molecule has 1 aromatic heterocycles. The Labute approximate surface area is 96.8 Å². The van der Waals surface area contributed by atoms with Crippen molar-refractivity contribution in [3.63, 3.8) is 0 Å². The first-order valence-electron chi connectivity index (χ1n) is 4.97. The van der Waals surface area contributed by atoms with Crippen molar-refractivity contribution in [3.8, 4) is 0 Å². The third-order valence-corrected chi connectivity index (χ3v) is 2.27. The minimum Gasteiger partial charge on any atom is -0.398 e. The molecule has 17 heavy (non-hydrogen) atoms. The molecule has 0 saturated carbocycles. The Morgan fingerprint density at radius 3 is 3.00 bits per heavy atom. The van der Waals surface area contributed by atoms with Crippen molar-refractivity contribution in [2.24, 2.45) is 0 Å². The van der Waals surface area contributed by atoms with Crippen LogP contribution in [-0.2, 0) is 6.54 Å². The van der Waals surface area contributed by atoms with Gasteiger partial charge in [-0.05, 0) is 18.2 Å². The Hall–Kier alpha value is -2.37. The molecule has 1 aromatic carbocycles. The van der Waals surface area contributed by atoms with Gasteiger partial charge in [0.2, 0.25) is 0 Å². The minimum atomic E-state index is -0.464. The Bertz CT molecular complexity index is 524. The van der Waals surface area contributed by atoms with Gasteiger partial charge in [-0.2, -0.15) is 5.10 Å². The average molecular weight is 234 g/mol. The first-order chi connectivity index (χ1) is 8.16. The number of nitrogens with zero attached hydrogens (tertiary/aromatic N) is 1. The number of anilines is 1. The summed E-state index contributed by atoms with van der Waals surface area (Å²) in [5.74, 6) is -0.808. The van der Waals surface area contributed by atoms with Crippen molar-refractivity contribution in [2.45, 2.75) is 6.54 Å². The van der Waals surface area contributed by atoms with Gasteiger partial charge in [0.25, 0.3) is 5.91 Å². The molecule has 6 heteroatoms. The third kappa shape index (κ3) is 2.60. The topological polar surface area (TPSA) is 83.8 Å². The molecule has 2 aromatic rings. The zero-order valence-corrected chi connectivity index (χ0v) is 8.90. The monoisotopic (exact) mass is 234 g/mol. The van der Waals surface area contributed by atoms with Gasteiger partial charge in [0, 0.05) is 24.0 Å². The van der Waals surface area contributed by atoms with Crippen molar-refractivity contribution >= 4 is 11.6 Å². The Balaban J connectivity index is 2.04. The van der Waals surface area contributed by atoms with Crippen LogP contribution in [0.4, 0.5) is 10.1 Å². The molecule has 0 atom stereocenters. The molecule has 0 spiro atoms. The van der Waals surface area contributed by atoms with Gasteiger partial charge in [0.15, 0.2) is 0 Å². The molecule has 1 amide bonds. The molecule has 0 unspecified atom stereocenters. The SMILES string of the molecule is Nc1cc(F)ccc1C(=O)NCc1cn[nH]c1. The van der Waals surface area contributed by atoms with E-state index in [9.17, 15) is 9.18 Å². The fourth-order valence-corrected chi connectivity index (χ4v) is 1.39. The fourth-order valence-electron chi connectivity index (χ4n) is 1.39. The largest absolute Gasteiger partial charge is 0.398 e. The number of H-pyrrole nitrogens is 1. The molecule has 0 fully saturated rings. The lowest BCUT2D eigenvalue weighted by Gasteiger charge is -2.06. The van der Waals surface area contributed by atoms with E-state index < -0.39 is 5.82 Å². The fraction of sp³-hybridized carbons (Fsp3) is 0.0909. The zero-order valence-electron chi connectivity index (χ0n) is 8.90. The van der Waals surface area contributed by atoms with Crippen molar-refractivity contribution in [1.82, 2.24) is 15.5 Å². The molecular weight excluding hydrogens is 223 g/mol. The average Bonchev–Trinajstić information content (AvgIpc) is 2.78. The van der Waals surface area contributed by atoms with Gasteiger partial charge in [0.1, 0.15) is 5.82 Å². The van der Waals surface area contributed by atoms with Gasteiger partial charge in [-0.1, -0.05) is 0 Å². The van der Waals surface area contributed by atoms with Gasteiger partial charge in [-0.3, -0.25) is 9.89 Å². The van der Waals surface area contributed by atoms with Crippen LogP contribution in [0.25, 0.3) is 0 Å². The van der Waals surface area contributed by atoms with E-state index in [2.05, 4.69) is 15.5 Å². The molecule has 0 aliphatic rings. The molecule has 88 valence electrons. The van der Waals surface area contributed by atoms with Gasteiger partial charge in [-0.25, -0.2) is 4.39 Å². The summed E-state index contributed by atoms with van der Waals surface area (Å²) < 4.78 is 12.8. The van der Waals surface area contributed by atoms with Crippen molar-refractivity contribution in [3.05, 3.63) is 47.5 Å². The van der Waals surface area contributed by atoms with Crippen LogP contribution in [0.1, 0.15) is 15.9 Å². The van der Waals surface area contributed by atoms with Gasteiger partial charge >= 0.3 is 0 Å². The number of aromatic nitrogens is 2. The molecule has 0 aliphatic carbocycles. The highest BCUT2D eigenvalue weighted by atomic mass is 19.1. The van der Waals surface area contributed by atoms with Crippen molar-refractivity contribution in [1.29, 1.82) is 0 Å². The summed E-state index contributed by atoms with van der Waals surface area (Å²) in [5.41, 5.74) is 6.78. The Morgan fingerprint density at radius 1 is 1.53 bits per heavy atom. The second-order valence-corrected chi connectivity index (χ2v) is 3.52. The highest BCUT2D eigenvalue weighted by molar-refractivity contribution is 5.99. The van der Waals surface area contributed by atoms with E-state index in [0.29, 0.717) is 6.54 Å². The number of amides is 1. The normalized spacial score (nSPS) is 10.2. The molecule has 2 rings (SSSR count). The Morgan fingerprint density at radius 2 is 2.35 bits per heavy atom. The van der Waals surface area contributed by atoms with Crippen LogP contribution in [0.2, 0.25) is 0 Å². The predicted octanol–water partition coefficient (Wildman–Crippen LogP) is 1.06. The van der Waals surface area contributed by atoms with Crippen LogP contribution in [0.15, 0.2) is 30.6 Å². The first-order valence-corrected chi connectivity index (χ1v) is 4.97. The maximum Gasteiger partial charge on any atom is 0.253 e. The first kappa shape index (κ1) is 11.1. The van der Waals surface area contributed by atoms with Crippen LogP contribution < -0.4 is 11.1 Å². The van der Waals surface area contributed by atoms with E-state index in [0.717, 1.165) is 11.6 Å². The van der Waals surface area contributed by atoms with E-state index in [1.54, 1.807) is 12.4 Å². The van der Waals surface area contributed by atoms with E-state index in [1.807, 2.05) is 0 Å². The molecular formula is C11H11FN4O. The quantitative estimate of drug-likeness (QED) is 0.694. The summed E-state index contributed by atoms with van der Waals surface area (Å²) >= 11 is 0. The molecule has 0 saturated heterocycles. The smallest absolute Gasteiger partial charge is 0.253 e. The number of carbonyl (C=O) groups is 1. The molecule has 4 N–H and O–H groups in total.